The lowest BCUT2D eigenvalue weighted by molar-refractivity contribution is 0.0918. The number of rotatable bonds is 4. The van der Waals surface area contributed by atoms with Crippen LogP contribution in [0.4, 0.5) is 0 Å². The van der Waals surface area contributed by atoms with Crippen LogP contribution in [-0.4, -0.2) is 22.3 Å². The van der Waals surface area contributed by atoms with Crippen LogP contribution in [-0.2, 0) is 6.54 Å². The maximum Gasteiger partial charge on any atom is 0.257 e. The number of aromatic nitrogens is 1. The van der Waals surface area contributed by atoms with Crippen LogP contribution in [0.2, 0.25) is 0 Å². The topological polar surface area (TPSA) is 91.1 Å². The Morgan fingerprint density at radius 3 is 2.48 bits per heavy atom. The van der Waals surface area contributed by atoms with Crippen molar-refractivity contribution in [3.05, 3.63) is 69.1 Å². The summed E-state index contributed by atoms with van der Waals surface area (Å²) in [7, 11) is 0. The van der Waals surface area contributed by atoms with E-state index in [0.29, 0.717) is 11.3 Å². The van der Waals surface area contributed by atoms with Gasteiger partial charge in [-0.2, -0.15) is 0 Å². The van der Waals surface area contributed by atoms with Gasteiger partial charge in [-0.05, 0) is 45.4 Å². The van der Waals surface area contributed by atoms with E-state index in [1.54, 1.807) is 25.1 Å². The summed E-state index contributed by atoms with van der Waals surface area (Å²) in [6.45, 7) is 7.70. The molecule has 0 unspecified atom stereocenters. The predicted molar refractivity (Wildman–Crippen MR) is 96.6 cm³/mol. The zero-order valence-electron chi connectivity index (χ0n) is 14.9. The van der Waals surface area contributed by atoms with E-state index in [1.165, 1.54) is 12.3 Å². The lowest BCUT2D eigenvalue weighted by Crippen LogP contribution is -2.40. The number of hydrogen-bond acceptors (Lipinski definition) is 3. The van der Waals surface area contributed by atoms with Crippen molar-refractivity contribution in [2.45, 2.75) is 39.8 Å². The fourth-order valence-corrected chi connectivity index (χ4v) is 2.26. The molecule has 0 aliphatic rings. The SMILES string of the molecule is Cc1cc(=O)c(C(=O)NCc2cccc(C(=O)NC(C)(C)C)c2)c[nH]1. The van der Waals surface area contributed by atoms with Crippen molar-refractivity contribution in [2.24, 2.45) is 0 Å². The molecule has 2 aromatic rings. The summed E-state index contributed by atoms with van der Waals surface area (Å²) in [5, 5.41) is 5.59. The first-order valence-corrected chi connectivity index (χ1v) is 8.05. The highest BCUT2D eigenvalue weighted by atomic mass is 16.2. The number of carbonyl (C=O) groups excluding carboxylic acids is 2. The van der Waals surface area contributed by atoms with Crippen molar-refractivity contribution >= 4 is 11.8 Å². The fraction of sp³-hybridized carbons (Fsp3) is 0.316. The Morgan fingerprint density at radius 1 is 1.12 bits per heavy atom. The van der Waals surface area contributed by atoms with Gasteiger partial charge in [0.15, 0.2) is 5.43 Å². The monoisotopic (exact) mass is 341 g/mol. The predicted octanol–water partition coefficient (Wildman–Crippen LogP) is 2.14. The molecule has 0 radical (unpaired) electrons. The first-order valence-electron chi connectivity index (χ1n) is 8.05. The van der Waals surface area contributed by atoms with Gasteiger partial charge in [0.25, 0.3) is 11.8 Å². The summed E-state index contributed by atoms with van der Waals surface area (Å²) in [5.41, 5.74) is 1.40. The molecular weight excluding hydrogens is 318 g/mol. The first-order chi connectivity index (χ1) is 11.7. The second kappa shape index (κ2) is 7.34. The molecule has 0 aliphatic heterocycles. The number of nitrogens with one attached hydrogen (secondary N) is 3. The minimum Gasteiger partial charge on any atom is -0.364 e. The molecule has 2 rings (SSSR count). The van der Waals surface area contributed by atoms with Gasteiger partial charge in [-0.15, -0.1) is 0 Å². The van der Waals surface area contributed by atoms with Crippen molar-refractivity contribution in [2.75, 3.05) is 0 Å². The van der Waals surface area contributed by atoms with Crippen LogP contribution >= 0.6 is 0 Å². The molecular formula is C19H23N3O3. The van der Waals surface area contributed by atoms with Gasteiger partial charge in [-0.3, -0.25) is 14.4 Å². The molecule has 0 atom stereocenters. The third-order valence-corrected chi connectivity index (χ3v) is 3.43. The molecule has 2 amide bonds. The van der Waals surface area contributed by atoms with Gasteiger partial charge in [-0.25, -0.2) is 0 Å². The molecule has 0 fully saturated rings. The zero-order valence-corrected chi connectivity index (χ0v) is 14.9. The van der Waals surface area contributed by atoms with Crippen LogP contribution in [0.15, 0.2) is 41.3 Å². The highest BCUT2D eigenvalue weighted by Crippen LogP contribution is 2.08. The highest BCUT2D eigenvalue weighted by Gasteiger charge is 2.15. The zero-order chi connectivity index (χ0) is 18.6. The maximum atomic E-state index is 12.2. The average molecular weight is 341 g/mol. The van der Waals surface area contributed by atoms with E-state index in [2.05, 4.69) is 15.6 Å². The minimum absolute atomic E-state index is 0.0623. The Morgan fingerprint density at radius 2 is 1.84 bits per heavy atom. The van der Waals surface area contributed by atoms with Gasteiger partial charge in [0.05, 0.1) is 0 Å². The average Bonchev–Trinajstić information content (AvgIpc) is 2.51. The lowest BCUT2D eigenvalue weighted by atomic mass is 10.1. The molecule has 0 spiro atoms. The number of carbonyl (C=O) groups is 2. The molecule has 1 heterocycles. The smallest absolute Gasteiger partial charge is 0.257 e. The number of hydrogen-bond donors (Lipinski definition) is 3. The summed E-state index contributed by atoms with van der Waals surface area (Å²) in [5.74, 6) is -0.624. The Kier molecular flexibility index (Phi) is 5.41. The molecule has 1 aromatic heterocycles. The largest absolute Gasteiger partial charge is 0.364 e. The van der Waals surface area contributed by atoms with Gasteiger partial charge in [0.2, 0.25) is 0 Å². The standard InChI is InChI=1S/C19H23N3O3/c1-12-8-16(23)15(11-20-12)18(25)21-10-13-6-5-7-14(9-13)17(24)22-19(2,3)4/h5-9,11H,10H2,1-4H3,(H,20,23)(H,21,25)(H,22,24). The van der Waals surface area contributed by atoms with Crippen molar-refractivity contribution in [3.63, 3.8) is 0 Å². The van der Waals surface area contributed by atoms with E-state index in [1.807, 2.05) is 26.8 Å². The van der Waals surface area contributed by atoms with E-state index in [0.717, 1.165) is 5.56 Å². The van der Waals surface area contributed by atoms with Crippen molar-refractivity contribution in [1.29, 1.82) is 0 Å². The second-order valence-electron chi connectivity index (χ2n) is 6.98. The van der Waals surface area contributed by atoms with Crippen molar-refractivity contribution < 1.29 is 9.59 Å². The molecule has 6 nitrogen and oxygen atoms in total. The minimum atomic E-state index is -0.453. The van der Waals surface area contributed by atoms with E-state index in [9.17, 15) is 14.4 Å². The number of benzene rings is 1. The van der Waals surface area contributed by atoms with E-state index in [4.69, 9.17) is 0 Å². The van der Waals surface area contributed by atoms with E-state index in [-0.39, 0.29) is 29.0 Å². The highest BCUT2D eigenvalue weighted by molar-refractivity contribution is 5.95. The summed E-state index contributed by atoms with van der Waals surface area (Å²) in [4.78, 5) is 39.0. The molecule has 0 bridgehead atoms. The second-order valence-corrected chi connectivity index (χ2v) is 6.98. The number of aromatic amines is 1. The van der Waals surface area contributed by atoms with Crippen LogP contribution in [0.25, 0.3) is 0 Å². The quantitative estimate of drug-likeness (QED) is 0.796. The van der Waals surface area contributed by atoms with Gasteiger partial charge in [-0.1, -0.05) is 12.1 Å². The molecule has 25 heavy (non-hydrogen) atoms. The van der Waals surface area contributed by atoms with Crippen molar-refractivity contribution in [3.8, 4) is 0 Å². The van der Waals surface area contributed by atoms with Crippen LogP contribution in [0.3, 0.4) is 0 Å². The van der Waals surface area contributed by atoms with E-state index < -0.39 is 5.91 Å². The van der Waals surface area contributed by atoms with E-state index >= 15 is 0 Å². The fourth-order valence-electron chi connectivity index (χ4n) is 2.26. The molecule has 3 N–H and O–H groups in total. The van der Waals surface area contributed by atoms with Gasteiger partial charge in [0.1, 0.15) is 5.56 Å². The molecule has 132 valence electrons. The van der Waals surface area contributed by atoms with Crippen LogP contribution in [0.5, 0.6) is 0 Å². The number of H-pyrrole nitrogens is 1. The Bertz CT molecular complexity index is 847. The van der Waals surface area contributed by atoms with Crippen molar-refractivity contribution in [1.82, 2.24) is 15.6 Å². The molecule has 0 saturated heterocycles. The van der Waals surface area contributed by atoms with Gasteiger partial charge in [0, 0.05) is 35.6 Å². The Hall–Kier alpha value is -2.89. The van der Waals surface area contributed by atoms with Crippen LogP contribution in [0.1, 0.15) is 52.7 Å². The molecule has 0 saturated carbocycles. The summed E-state index contributed by atoms with van der Waals surface area (Å²) in [6.07, 6.45) is 1.40. The lowest BCUT2D eigenvalue weighted by Gasteiger charge is -2.20. The first kappa shape index (κ1) is 18.4. The summed E-state index contributed by atoms with van der Waals surface area (Å²) in [6, 6.07) is 8.40. The third kappa shape index (κ3) is 5.31. The Labute approximate surface area is 146 Å². The third-order valence-electron chi connectivity index (χ3n) is 3.43. The van der Waals surface area contributed by atoms with Gasteiger partial charge >= 0.3 is 0 Å². The molecule has 0 aliphatic carbocycles. The number of amides is 2. The number of pyridine rings is 1. The molecule has 6 heteroatoms. The summed E-state index contributed by atoms with van der Waals surface area (Å²) >= 11 is 0. The summed E-state index contributed by atoms with van der Waals surface area (Å²) < 4.78 is 0. The van der Waals surface area contributed by atoms with Gasteiger partial charge < -0.3 is 15.6 Å². The normalized spacial score (nSPS) is 11.0. The maximum absolute atomic E-state index is 12.2. The number of aryl methyl sites for hydroxylation is 1. The Balaban J connectivity index is 2.06. The molecule has 1 aromatic carbocycles. The van der Waals surface area contributed by atoms with Crippen LogP contribution < -0.4 is 16.1 Å². The van der Waals surface area contributed by atoms with Crippen LogP contribution in [0, 0.1) is 6.92 Å².